The van der Waals surface area contributed by atoms with Crippen LogP contribution < -0.4 is 5.73 Å². The fourth-order valence-electron chi connectivity index (χ4n) is 1.72. The topological polar surface area (TPSA) is 83.6 Å². The molecule has 1 rings (SSSR count). The Kier molecular flexibility index (Phi) is 4.50. The molecule has 0 unspecified atom stereocenters. The second-order valence-electron chi connectivity index (χ2n) is 4.89. The third kappa shape index (κ3) is 3.52. The summed E-state index contributed by atoms with van der Waals surface area (Å²) in [6.07, 6.45) is 0. The van der Waals surface area contributed by atoms with E-state index >= 15 is 0 Å². The zero-order chi connectivity index (χ0) is 14.0. The highest BCUT2D eigenvalue weighted by atomic mass is 32.2. The number of likely N-dealkylation sites (N-methyl/N-ethyl adjacent to an activating group) is 1. The number of benzene rings is 1. The first-order valence-corrected chi connectivity index (χ1v) is 7.09. The van der Waals surface area contributed by atoms with Crippen molar-refractivity contribution in [2.24, 2.45) is 5.73 Å². The molecule has 0 heterocycles. The molecule has 0 radical (unpaired) electrons. The van der Waals surface area contributed by atoms with Gasteiger partial charge < -0.3 is 10.8 Å². The molecule has 0 aliphatic rings. The summed E-state index contributed by atoms with van der Waals surface area (Å²) in [6, 6.07) is 6.62. The van der Waals surface area contributed by atoms with Crippen LogP contribution in [0.15, 0.2) is 29.2 Å². The number of hydrogen-bond acceptors (Lipinski definition) is 4. The Morgan fingerprint density at radius 3 is 2.39 bits per heavy atom. The van der Waals surface area contributed by atoms with Crippen molar-refractivity contribution in [1.29, 1.82) is 0 Å². The largest absolute Gasteiger partial charge is 0.389 e. The van der Waals surface area contributed by atoms with Crippen LogP contribution in [-0.4, -0.2) is 37.0 Å². The SMILES string of the molecule is CN(CC(C)(C)O)S(=O)(=O)c1ccccc1CN. The molecule has 0 amide bonds. The minimum Gasteiger partial charge on any atom is -0.389 e. The summed E-state index contributed by atoms with van der Waals surface area (Å²) in [7, 11) is -2.18. The van der Waals surface area contributed by atoms with Crippen LogP contribution in [0.1, 0.15) is 19.4 Å². The lowest BCUT2D eigenvalue weighted by molar-refractivity contribution is 0.0640. The third-order valence-electron chi connectivity index (χ3n) is 2.49. The Morgan fingerprint density at radius 1 is 1.33 bits per heavy atom. The van der Waals surface area contributed by atoms with Crippen LogP contribution in [0, 0.1) is 0 Å². The molecule has 1 aromatic rings. The first-order valence-electron chi connectivity index (χ1n) is 5.65. The molecular weight excluding hydrogens is 252 g/mol. The maximum atomic E-state index is 12.3. The fourth-order valence-corrected chi connectivity index (χ4v) is 3.28. The molecule has 0 saturated carbocycles. The first-order chi connectivity index (χ1) is 8.18. The Bertz CT molecular complexity index is 506. The molecule has 3 N–H and O–H groups in total. The minimum absolute atomic E-state index is 0.0221. The van der Waals surface area contributed by atoms with E-state index in [1.165, 1.54) is 13.1 Å². The Hall–Kier alpha value is -0.950. The summed E-state index contributed by atoms with van der Waals surface area (Å²) in [4.78, 5) is 0.194. The van der Waals surface area contributed by atoms with Crippen LogP contribution in [-0.2, 0) is 16.6 Å². The van der Waals surface area contributed by atoms with Gasteiger partial charge in [-0.25, -0.2) is 8.42 Å². The molecule has 0 aliphatic heterocycles. The van der Waals surface area contributed by atoms with Gasteiger partial charge in [-0.05, 0) is 25.5 Å². The van der Waals surface area contributed by atoms with Gasteiger partial charge in [0.1, 0.15) is 0 Å². The van der Waals surface area contributed by atoms with Crippen molar-refractivity contribution in [3.05, 3.63) is 29.8 Å². The summed E-state index contributed by atoms with van der Waals surface area (Å²) < 4.78 is 25.8. The van der Waals surface area contributed by atoms with E-state index < -0.39 is 15.6 Å². The lowest BCUT2D eigenvalue weighted by Crippen LogP contribution is -2.40. The highest BCUT2D eigenvalue weighted by molar-refractivity contribution is 7.89. The van der Waals surface area contributed by atoms with Gasteiger partial charge in [-0.1, -0.05) is 18.2 Å². The molecule has 0 aromatic heterocycles. The van der Waals surface area contributed by atoms with Crippen LogP contribution >= 0.6 is 0 Å². The van der Waals surface area contributed by atoms with Crippen molar-refractivity contribution in [1.82, 2.24) is 4.31 Å². The van der Waals surface area contributed by atoms with Crippen LogP contribution in [0.4, 0.5) is 0 Å². The quantitative estimate of drug-likeness (QED) is 0.819. The van der Waals surface area contributed by atoms with Crippen molar-refractivity contribution in [2.45, 2.75) is 30.9 Å². The van der Waals surface area contributed by atoms with Crippen LogP contribution in [0.2, 0.25) is 0 Å². The van der Waals surface area contributed by atoms with Crippen molar-refractivity contribution >= 4 is 10.0 Å². The minimum atomic E-state index is -3.62. The Morgan fingerprint density at radius 2 is 1.89 bits per heavy atom. The zero-order valence-corrected chi connectivity index (χ0v) is 11.7. The maximum Gasteiger partial charge on any atom is 0.243 e. The van der Waals surface area contributed by atoms with Gasteiger partial charge in [0.25, 0.3) is 0 Å². The van der Waals surface area contributed by atoms with E-state index in [1.807, 2.05) is 0 Å². The molecule has 0 saturated heterocycles. The molecular formula is C12H20N2O3S. The Balaban J connectivity index is 3.14. The van der Waals surface area contributed by atoms with Crippen LogP contribution in [0.5, 0.6) is 0 Å². The van der Waals surface area contributed by atoms with Crippen molar-refractivity contribution in [3.8, 4) is 0 Å². The lowest BCUT2D eigenvalue weighted by atomic mass is 10.1. The number of nitrogens with zero attached hydrogens (tertiary/aromatic N) is 1. The fraction of sp³-hybridized carbons (Fsp3) is 0.500. The number of sulfonamides is 1. The van der Waals surface area contributed by atoms with E-state index in [0.29, 0.717) is 5.56 Å². The molecule has 0 fully saturated rings. The van der Waals surface area contributed by atoms with Crippen LogP contribution in [0.25, 0.3) is 0 Å². The second kappa shape index (κ2) is 5.36. The first kappa shape index (κ1) is 15.1. The van der Waals surface area contributed by atoms with Gasteiger partial charge in [0.05, 0.1) is 10.5 Å². The van der Waals surface area contributed by atoms with Gasteiger partial charge >= 0.3 is 0 Å². The third-order valence-corrected chi connectivity index (χ3v) is 4.39. The number of aliphatic hydroxyl groups is 1. The Labute approximate surface area is 108 Å². The normalized spacial score (nSPS) is 13.0. The standard InChI is InChI=1S/C12H20N2O3S/c1-12(2,15)9-14(3)18(16,17)11-7-5-4-6-10(11)8-13/h4-7,15H,8-9,13H2,1-3H3. The van der Waals surface area contributed by atoms with Crippen molar-refractivity contribution < 1.29 is 13.5 Å². The van der Waals surface area contributed by atoms with E-state index in [9.17, 15) is 13.5 Å². The highest BCUT2D eigenvalue weighted by Crippen LogP contribution is 2.20. The summed E-state index contributed by atoms with van der Waals surface area (Å²) in [5.41, 5.74) is 5.03. The molecule has 5 nitrogen and oxygen atoms in total. The molecule has 18 heavy (non-hydrogen) atoms. The van der Waals surface area contributed by atoms with Crippen LogP contribution in [0.3, 0.4) is 0 Å². The summed E-state index contributed by atoms with van der Waals surface area (Å²) >= 11 is 0. The maximum absolute atomic E-state index is 12.3. The van der Waals surface area contributed by atoms with Crippen molar-refractivity contribution in [3.63, 3.8) is 0 Å². The monoisotopic (exact) mass is 272 g/mol. The van der Waals surface area contributed by atoms with E-state index in [2.05, 4.69) is 0 Å². The number of hydrogen-bond donors (Lipinski definition) is 2. The molecule has 6 heteroatoms. The predicted octanol–water partition coefficient (Wildman–Crippen LogP) is 0.537. The lowest BCUT2D eigenvalue weighted by Gasteiger charge is -2.25. The molecule has 1 aromatic carbocycles. The smallest absolute Gasteiger partial charge is 0.243 e. The van der Waals surface area contributed by atoms with E-state index in [0.717, 1.165) is 4.31 Å². The second-order valence-corrected chi connectivity index (χ2v) is 6.90. The van der Waals surface area contributed by atoms with Gasteiger partial charge in [0.2, 0.25) is 10.0 Å². The van der Waals surface area contributed by atoms with E-state index in [1.54, 1.807) is 32.0 Å². The van der Waals surface area contributed by atoms with Gasteiger partial charge in [0, 0.05) is 20.1 Å². The molecule has 102 valence electrons. The summed E-state index contributed by atoms with van der Waals surface area (Å²) in [5.74, 6) is 0. The molecule has 0 atom stereocenters. The average molecular weight is 272 g/mol. The highest BCUT2D eigenvalue weighted by Gasteiger charge is 2.27. The zero-order valence-electron chi connectivity index (χ0n) is 10.9. The average Bonchev–Trinajstić information content (AvgIpc) is 2.26. The molecule has 0 bridgehead atoms. The van der Waals surface area contributed by atoms with Crippen molar-refractivity contribution in [2.75, 3.05) is 13.6 Å². The summed E-state index contributed by atoms with van der Waals surface area (Å²) in [5, 5.41) is 9.69. The molecule has 0 aliphatic carbocycles. The number of rotatable bonds is 5. The van der Waals surface area contributed by atoms with Gasteiger partial charge in [-0.2, -0.15) is 4.31 Å². The van der Waals surface area contributed by atoms with Gasteiger partial charge in [-0.15, -0.1) is 0 Å². The van der Waals surface area contributed by atoms with Gasteiger partial charge in [0.15, 0.2) is 0 Å². The summed E-state index contributed by atoms with van der Waals surface area (Å²) in [6.45, 7) is 3.31. The van der Waals surface area contributed by atoms with E-state index in [4.69, 9.17) is 5.73 Å². The van der Waals surface area contributed by atoms with E-state index in [-0.39, 0.29) is 18.0 Å². The number of nitrogens with two attached hydrogens (primary N) is 1. The van der Waals surface area contributed by atoms with Gasteiger partial charge in [-0.3, -0.25) is 0 Å². The molecule has 0 spiro atoms. The predicted molar refractivity (Wildman–Crippen MR) is 70.4 cm³/mol.